The predicted molar refractivity (Wildman–Crippen MR) is 76.5 cm³/mol. The Morgan fingerprint density at radius 1 is 1.43 bits per heavy atom. The van der Waals surface area contributed by atoms with Gasteiger partial charge in [0.05, 0.1) is 24.2 Å². The van der Waals surface area contributed by atoms with Crippen LogP contribution in [0.4, 0.5) is 4.39 Å². The molecule has 21 heavy (non-hydrogen) atoms. The van der Waals surface area contributed by atoms with E-state index < -0.39 is 11.9 Å². The molecule has 1 aromatic heterocycles. The van der Waals surface area contributed by atoms with Gasteiger partial charge in [-0.1, -0.05) is 36.7 Å². The molecule has 0 aliphatic carbocycles. The van der Waals surface area contributed by atoms with Gasteiger partial charge in [-0.05, 0) is 17.7 Å². The summed E-state index contributed by atoms with van der Waals surface area (Å²) in [6, 6.07) is 3.99. The van der Waals surface area contributed by atoms with Crippen LogP contribution in [0.2, 0.25) is 5.02 Å². The molecule has 0 bridgehead atoms. The fraction of sp³-hybridized carbons (Fsp3) is 0.429. The number of aliphatic hydroxyl groups is 1. The molecule has 0 amide bonds. The van der Waals surface area contributed by atoms with E-state index in [0.29, 0.717) is 23.8 Å². The summed E-state index contributed by atoms with van der Waals surface area (Å²) in [5.41, 5.74) is 0.604. The minimum atomic E-state index is -0.518. The summed E-state index contributed by atoms with van der Waals surface area (Å²) in [6.45, 7) is 4.04. The van der Waals surface area contributed by atoms with Gasteiger partial charge in [0.1, 0.15) is 5.82 Å². The first kappa shape index (κ1) is 15.9. The lowest BCUT2D eigenvalue weighted by Crippen LogP contribution is -2.24. The SMILES string of the molecule is CC(C)c1nc(CN[C@@H](CO)c2ccc(Cl)c(F)c2)no1. The lowest BCUT2D eigenvalue weighted by atomic mass is 10.1. The Morgan fingerprint density at radius 2 is 2.19 bits per heavy atom. The maximum absolute atomic E-state index is 13.5. The van der Waals surface area contributed by atoms with Gasteiger partial charge in [-0.2, -0.15) is 4.98 Å². The monoisotopic (exact) mass is 313 g/mol. The zero-order chi connectivity index (χ0) is 15.4. The van der Waals surface area contributed by atoms with Crippen molar-refractivity contribution in [2.75, 3.05) is 6.61 Å². The number of rotatable bonds is 6. The van der Waals surface area contributed by atoms with Crippen LogP contribution in [0.3, 0.4) is 0 Å². The molecule has 0 saturated heterocycles. The molecule has 0 aliphatic rings. The van der Waals surface area contributed by atoms with Crippen molar-refractivity contribution in [3.8, 4) is 0 Å². The smallest absolute Gasteiger partial charge is 0.229 e. The van der Waals surface area contributed by atoms with Crippen LogP contribution in [-0.2, 0) is 6.54 Å². The van der Waals surface area contributed by atoms with Crippen LogP contribution in [-0.4, -0.2) is 21.9 Å². The summed E-state index contributed by atoms with van der Waals surface area (Å²) in [6.07, 6.45) is 0. The number of aliphatic hydroxyl groups excluding tert-OH is 1. The molecular weight excluding hydrogens is 297 g/mol. The Morgan fingerprint density at radius 3 is 2.76 bits per heavy atom. The summed E-state index contributed by atoms with van der Waals surface area (Å²) in [7, 11) is 0. The van der Waals surface area contributed by atoms with Crippen molar-refractivity contribution in [1.82, 2.24) is 15.5 Å². The number of hydrogen-bond acceptors (Lipinski definition) is 5. The van der Waals surface area contributed by atoms with Gasteiger partial charge in [0.15, 0.2) is 5.82 Å². The third kappa shape index (κ3) is 4.00. The van der Waals surface area contributed by atoms with Gasteiger partial charge in [0.25, 0.3) is 0 Å². The lowest BCUT2D eigenvalue weighted by Gasteiger charge is -2.15. The van der Waals surface area contributed by atoms with E-state index in [1.807, 2.05) is 13.8 Å². The maximum atomic E-state index is 13.5. The number of halogens is 2. The second-order valence-corrected chi connectivity index (χ2v) is 5.40. The Kier molecular flexibility index (Phi) is 5.27. The van der Waals surface area contributed by atoms with Crippen molar-refractivity contribution in [2.24, 2.45) is 0 Å². The molecule has 1 atom stereocenters. The highest BCUT2D eigenvalue weighted by molar-refractivity contribution is 6.30. The van der Waals surface area contributed by atoms with Gasteiger partial charge in [0.2, 0.25) is 5.89 Å². The summed E-state index contributed by atoms with van der Waals surface area (Å²) in [4.78, 5) is 4.22. The Hall–Kier alpha value is -1.50. The van der Waals surface area contributed by atoms with Crippen molar-refractivity contribution in [3.05, 3.63) is 46.3 Å². The molecule has 1 aromatic carbocycles. The zero-order valence-electron chi connectivity index (χ0n) is 11.8. The molecule has 0 aliphatic heterocycles. The molecule has 114 valence electrons. The number of nitrogens with zero attached hydrogens (tertiary/aromatic N) is 2. The fourth-order valence-corrected chi connectivity index (χ4v) is 1.92. The molecule has 0 fully saturated rings. The van der Waals surface area contributed by atoms with E-state index in [1.54, 1.807) is 6.07 Å². The zero-order valence-corrected chi connectivity index (χ0v) is 12.6. The number of benzene rings is 1. The molecule has 0 spiro atoms. The summed E-state index contributed by atoms with van der Waals surface area (Å²) >= 11 is 5.64. The molecule has 2 N–H and O–H groups in total. The summed E-state index contributed by atoms with van der Waals surface area (Å²) in [5, 5.41) is 16.4. The fourth-order valence-electron chi connectivity index (χ4n) is 1.81. The van der Waals surface area contributed by atoms with Gasteiger partial charge >= 0.3 is 0 Å². The van der Waals surface area contributed by atoms with E-state index in [1.165, 1.54) is 12.1 Å². The summed E-state index contributed by atoms with van der Waals surface area (Å²) in [5.74, 6) is 0.692. The first-order valence-electron chi connectivity index (χ1n) is 6.63. The highest BCUT2D eigenvalue weighted by Gasteiger charge is 2.15. The number of hydrogen-bond donors (Lipinski definition) is 2. The van der Waals surface area contributed by atoms with Gasteiger partial charge < -0.3 is 14.9 Å². The largest absolute Gasteiger partial charge is 0.394 e. The van der Waals surface area contributed by atoms with Crippen molar-refractivity contribution in [1.29, 1.82) is 0 Å². The van der Waals surface area contributed by atoms with Gasteiger partial charge in [-0.3, -0.25) is 0 Å². The lowest BCUT2D eigenvalue weighted by molar-refractivity contribution is 0.242. The first-order chi connectivity index (χ1) is 10.0. The number of nitrogens with one attached hydrogen (secondary N) is 1. The second kappa shape index (κ2) is 6.98. The van der Waals surface area contributed by atoms with Gasteiger partial charge in [-0.25, -0.2) is 4.39 Å². The third-order valence-corrected chi connectivity index (χ3v) is 3.32. The molecule has 0 saturated carbocycles. The molecule has 0 unspecified atom stereocenters. The average molecular weight is 314 g/mol. The van der Waals surface area contributed by atoms with Crippen molar-refractivity contribution >= 4 is 11.6 Å². The van der Waals surface area contributed by atoms with Crippen molar-refractivity contribution < 1.29 is 14.0 Å². The van der Waals surface area contributed by atoms with Crippen LogP contribution in [0.15, 0.2) is 22.7 Å². The molecule has 0 radical (unpaired) electrons. The van der Waals surface area contributed by atoms with Crippen LogP contribution in [0.1, 0.15) is 43.1 Å². The Bertz CT molecular complexity index is 604. The minimum absolute atomic E-state index is 0.0511. The quantitative estimate of drug-likeness (QED) is 0.858. The predicted octanol–water partition coefficient (Wildman–Crippen LogP) is 2.81. The van der Waals surface area contributed by atoms with E-state index >= 15 is 0 Å². The van der Waals surface area contributed by atoms with Crippen LogP contribution < -0.4 is 5.32 Å². The second-order valence-electron chi connectivity index (χ2n) is 4.99. The normalized spacial score (nSPS) is 12.9. The van der Waals surface area contributed by atoms with Crippen LogP contribution in [0, 0.1) is 5.82 Å². The van der Waals surface area contributed by atoms with Crippen LogP contribution in [0.25, 0.3) is 0 Å². The Balaban J connectivity index is 2.03. The van der Waals surface area contributed by atoms with Gasteiger partial charge in [-0.15, -0.1) is 0 Å². The molecule has 2 rings (SSSR count). The van der Waals surface area contributed by atoms with Crippen LogP contribution >= 0.6 is 11.6 Å². The minimum Gasteiger partial charge on any atom is -0.394 e. The third-order valence-electron chi connectivity index (χ3n) is 3.01. The topological polar surface area (TPSA) is 71.2 Å². The highest BCUT2D eigenvalue weighted by atomic mass is 35.5. The summed E-state index contributed by atoms with van der Waals surface area (Å²) < 4.78 is 18.5. The van der Waals surface area contributed by atoms with E-state index in [4.69, 9.17) is 16.1 Å². The van der Waals surface area contributed by atoms with E-state index in [9.17, 15) is 9.50 Å². The average Bonchev–Trinajstić information content (AvgIpc) is 2.92. The van der Waals surface area contributed by atoms with Crippen molar-refractivity contribution in [2.45, 2.75) is 32.4 Å². The maximum Gasteiger partial charge on any atom is 0.229 e. The van der Waals surface area contributed by atoms with E-state index in [2.05, 4.69) is 15.5 Å². The first-order valence-corrected chi connectivity index (χ1v) is 7.00. The molecular formula is C14H17ClFN3O2. The molecule has 5 nitrogen and oxygen atoms in total. The van der Waals surface area contributed by atoms with E-state index in [0.717, 1.165) is 0 Å². The Labute approximate surface area is 127 Å². The van der Waals surface area contributed by atoms with Crippen molar-refractivity contribution in [3.63, 3.8) is 0 Å². The molecule has 1 heterocycles. The molecule has 7 heteroatoms. The van der Waals surface area contributed by atoms with Crippen LogP contribution in [0.5, 0.6) is 0 Å². The van der Waals surface area contributed by atoms with Gasteiger partial charge in [0, 0.05) is 5.92 Å². The number of aromatic nitrogens is 2. The molecule has 2 aromatic rings. The highest BCUT2D eigenvalue weighted by Crippen LogP contribution is 2.20. The van der Waals surface area contributed by atoms with E-state index in [-0.39, 0.29) is 17.5 Å². The standard InChI is InChI=1S/C14H17ClFN3O2/c1-8(2)14-18-13(19-21-14)6-17-12(7-20)9-3-4-10(15)11(16)5-9/h3-5,8,12,17,20H,6-7H2,1-2H3/t12-/m0/s1.